The molecule has 23 heavy (non-hydrogen) atoms. The van der Waals surface area contributed by atoms with Gasteiger partial charge in [-0.15, -0.1) is 0 Å². The lowest BCUT2D eigenvalue weighted by Crippen LogP contribution is -2.10. The molecule has 2 rings (SSSR count). The predicted octanol–water partition coefficient (Wildman–Crippen LogP) is 3.36. The first-order valence-corrected chi connectivity index (χ1v) is 7.23. The smallest absolute Gasteiger partial charge is 0.307 e. The molecule has 0 bridgehead atoms. The van der Waals surface area contributed by atoms with E-state index in [1.807, 2.05) is 13.0 Å². The Hall–Kier alpha value is -2.82. The van der Waals surface area contributed by atoms with E-state index in [0.29, 0.717) is 22.5 Å². The molecule has 0 saturated heterocycles. The van der Waals surface area contributed by atoms with Gasteiger partial charge in [0.05, 0.1) is 19.0 Å². The van der Waals surface area contributed by atoms with Crippen LogP contribution in [0.5, 0.6) is 5.75 Å². The summed E-state index contributed by atoms with van der Waals surface area (Å²) in [4.78, 5) is 23.6. The van der Waals surface area contributed by atoms with Gasteiger partial charge in [0.2, 0.25) is 0 Å². The fourth-order valence-corrected chi connectivity index (χ4v) is 2.57. The molecule has 0 amide bonds. The summed E-state index contributed by atoms with van der Waals surface area (Å²) in [5, 5.41) is 9.87. The fraction of sp³-hybridized carbons (Fsp3) is 0.222. The van der Waals surface area contributed by atoms with Crippen LogP contribution in [0.2, 0.25) is 0 Å². The number of carboxylic acid groups (broad SMARTS) is 1. The maximum atomic E-state index is 12.5. The number of ether oxygens (including phenoxy) is 1. The number of hydrogen-bond donors (Lipinski definition) is 1. The van der Waals surface area contributed by atoms with Crippen molar-refractivity contribution in [3.63, 3.8) is 0 Å². The molecular formula is C18H19NO4. The Balaban J connectivity index is 2.66. The quantitative estimate of drug-likeness (QED) is 0.679. The third-order valence-corrected chi connectivity index (χ3v) is 3.63. The predicted molar refractivity (Wildman–Crippen MR) is 89.1 cm³/mol. The number of fused-ring (bicyclic) bond motifs is 1. The maximum Gasteiger partial charge on any atom is 0.307 e. The van der Waals surface area contributed by atoms with E-state index in [1.54, 1.807) is 44.4 Å². The Morgan fingerprint density at radius 1 is 1.30 bits per heavy atom. The van der Waals surface area contributed by atoms with Gasteiger partial charge >= 0.3 is 5.97 Å². The molecule has 1 heterocycles. The Kier molecular flexibility index (Phi) is 5.01. The normalized spacial score (nSPS) is 11.6. The van der Waals surface area contributed by atoms with Gasteiger partial charge in [-0.1, -0.05) is 18.2 Å². The first-order chi connectivity index (χ1) is 11.0. The van der Waals surface area contributed by atoms with Crippen molar-refractivity contribution in [2.24, 2.45) is 0 Å². The van der Waals surface area contributed by atoms with Gasteiger partial charge in [-0.25, -0.2) is 0 Å². The van der Waals surface area contributed by atoms with Crippen molar-refractivity contribution < 1.29 is 19.4 Å². The number of benzene rings is 1. The Morgan fingerprint density at radius 3 is 2.65 bits per heavy atom. The van der Waals surface area contributed by atoms with Gasteiger partial charge in [-0.2, -0.15) is 0 Å². The zero-order valence-electron chi connectivity index (χ0n) is 13.4. The highest BCUT2D eigenvalue weighted by atomic mass is 16.5. The summed E-state index contributed by atoms with van der Waals surface area (Å²) in [6.07, 6.45) is 6.56. The van der Waals surface area contributed by atoms with Crippen molar-refractivity contribution in [2.45, 2.75) is 20.3 Å². The van der Waals surface area contributed by atoms with Crippen LogP contribution < -0.4 is 4.74 Å². The van der Waals surface area contributed by atoms with Gasteiger partial charge in [-0.3, -0.25) is 14.2 Å². The molecule has 2 aromatic rings. The molecule has 0 aliphatic carbocycles. The van der Waals surface area contributed by atoms with Gasteiger partial charge in [0, 0.05) is 17.2 Å². The minimum Gasteiger partial charge on any atom is -0.497 e. The first-order valence-electron chi connectivity index (χ1n) is 7.23. The van der Waals surface area contributed by atoms with E-state index in [0.717, 1.165) is 5.39 Å². The molecule has 0 atom stereocenters. The number of hydrogen-bond acceptors (Lipinski definition) is 3. The van der Waals surface area contributed by atoms with Crippen LogP contribution in [0.4, 0.5) is 0 Å². The van der Waals surface area contributed by atoms with Crippen LogP contribution in [0, 0.1) is 6.92 Å². The minimum absolute atomic E-state index is 0.144. The van der Waals surface area contributed by atoms with Crippen LogP contribution in [0.3, 0.4) is 0 Å². The standard InChI is InChI=1S/C18H19NO4/c1-4-5-6-7-17(20)19-12(2)14(11-18(21)22)15-10-13(23-3)8-9-16(15)19/h4-10H,11H2,1-3H3,(H,21,22). The second-order valence-corrected chi connectivity index (χ2v) is 5.08. The Morgan fingerprint density at radius 2 is 2.04 bits per heavy atom. The lowest BCUT2D eigenvalue weighted by Gasteiger charge is -2.04. The summed E-state index contributed by atoms with van der Waals surface area (Å²) in [6.45, 7) is 3.62. The summed E-state index contributed by atoms with van der Waals surface area (Å²) >= 11 is 0. The number of carboxylic acids is 1. The second-order valence-electron chi connectivity index (χ2n) is 5.08. The first kappa shape index (κ1) is 16.5. The summed E-state index contributed by atoms with van der Waals surface area (Å²) in [6, 6.07) is 5.29. The van der Waals surface area contributed by atoms with Crippen molar-refractivity contribution in [1.82, 2.24) is 4.57 Å². The number of carbonyl (C=O) groups is 2. The molecule has 0 spiro atoms. The number of nitrogens with zero attached hydrogens (tertiary/aromatic N) is 1. The van der Waals surface area contributed by atoms with Crippen molar-refractivity contribution in [2.75, 3.05) is 7.11 Å². The summed E-state index contributed by atoms with van der Waals surface area (Å²) in [5.74, 6) is -0.530. The van der Waals surface area contributed by atoms with E-state index in [2.05, 4.69) is 0 Å². The largest absolute Gasteiger partial charge is 0.497 e. The monoisotopic (exact) mass is 313 g/mol. The molecule has 0 aliphatic rings. The highest BCUT2D eigenvalue weighted by molar-refractivity contribution is 6.02. The van der Waals surface area contributed by atoms with Crippen LogP contribution in [0.1, 0.15) is 23.0 Å². The lowest BCUT2D eigenvalue weighted by molar-refractivity contribution is -0.136. The number of methoxy groups -OCH3 is 1. The van der Waals surface area contributed by atoms with E-state index in [4.69, 9.17) is 9.84 Å². The molecule has 1 aromatic heterocycles. The number of allylic oxidation sites excluding steroid dienone is 4. The third kappa shape index (κ3) is 3.34. The molecular weight excluding hydrogens is 294 g/mol. The van der Waals surface area contributed by atoms with Crippen LogP contribution in [-0.4, -0.2) is 28.7 Å². The summed E-state index contributed by atoms with van der Waals surface area (Å²) < 4.78 is 6.74. The van der Waals surface area contributed by atoms with Crippen molar-refractivity contribution in [3.05, 3.63) is 53.8 Å². The van der Waals surface area contributed by atoms with Gasteiger partial charge in [-0.05, 0) is 37.6 Å². The zero-order chi connectivity index (χ0) is 17.0. The number of aromatic nitrogens is 1. The van der Waals surface area contributed by atoms with Gasteiger partial charge < -0.3 is 9.84 Å². The van der Waals surface area contributed by atoms with Crippen molar-refractivity contribution in [3.8, 4) is 5.75 Å². The van der Waals surface area contributed by atoms with E-state index in [9.17, 15) is 9.59 Å². The molecule has 120 valence electrons. The SMILES string of the molecule is CC=CC=CC(=O)n1c(C)c(CC(=O)O)c2cc(OC)ccc21. The number of rotatable bonds is 5. The summed E-state index contributed by atoms with van der Waals surface area (Å²) in [5.41, 5.74) is 1.93. The molecule has 5 heteroatoms. The molecule has 0 saturated carbocycles. The zero-order valence-corrected chi connectivity index (χ0v) is 13.4. The number of carbonyl (C=O) groups excluding carboxylic acids is 1. The van der Waals surface area contributed by atoms with Gasteiger partial charge in [0.25, 0.3) is 5.91 Å². The molecule has 0 fully saturated rings. The van der Waals surface area contributed by atoms with Gasteiger partial charge in [0.1, 0.15) is 5.75 Å². The molecule has 5 nitrogen and oxygen atoms in total. The second kappa shape index (κ2) is 6.96. The maximum absolute atomic E-state index is 12.5. The Bertz CT molecular complexity index is 812. The summed E-state index contributed by atoms with van der Waals surface area (Å²) in [7, 11) is 1.55. The Labute approximate surface area is 134 Å². The number of aliphatic carboxylic acids is 1. The minimum atomic E-state index is -0.938. The van der Waals surface area contributed by atoms with E-state index >= 15 is 0 Å². The highest BCUT2D eigenvalue weighted by Gasteiger charge is 2.19. The average Bonchev–Trinajstić information content (AvgIpc) is 2.78. The van der Waals surface area contributed by atoms with Crippen molar-refractivity contribution in [1.29, 1.82) is 0 Å². The fourth-order valence-electron chi connectivity index (χ4n) is 2.57. The molecule has 1 aromatic carbocycles. The van der Waals surface area contributed by atoms with Crippen LogP contribution >= 0.6 is 0 Å². The van der Waals surface area contributed by atoms with E-state index in [1.165, 1.54) is 10.6 Å². The molecule has 1 N–H and O–H groups in total. The topological polar surface area (TPSA) is 68.5 Å². The van der Waals surface area contributed by atoms with E-state index < -0.39 is 5.97 Å². The molecule has 0 unspecified atom stereocenters. The van der Waals surface area contributed by atoms with Crippen LogP contribution in [0.15, 0.2) is 42.5 Å². The lowest BCUT2D eigenvalue weighted by atomic mass is 10.1. The highest BCUT2D eigenvalue weighted by Crippen LogP contribution is 2.30. The third-order valence-electron chi connectivity index (χ3n) is 3.63. The average molecular weight is 313 g/mol. The van der Waals surface area contributed by atoms with Gasteiger partial charge in [0.15, 0.2) is 0 Å². The molecule has 0 radical (unpaired) electrons. The van der Waals surface area contributed by atoms with Crippen LogP contribution in [-0.2, 0) is 11.2 Å². The van der Waals surface area contributed by atoms with Crippen molar-refractivity contribution >= 4 is 22.8 Å². The molecule has 0 aliphatic heterocycles. The van der Waals surface area contributed by atoms with Crippen LogP contribution in [0.25, 0.3) is 10.9 Å². The van der Waals surface area contributed by atoms with E-state index in [-0.39, 0.29) is 12.3 Å².